The molecule has 21 heavy (non-hydrogen) atoms. The van der Waals surface area contributed by atoms with Crippen molar-refractivity contribution in [1.82, 2.24) is 4.31 Å². The minimum absolute atomic E-state index is 0.0132. The van der Waals surface area contributed by atoms with Gasteiger partial charge in [-0.15, -0.1) is 0 Å². The average Bonchev–Trinajstić information content (AvgIpc) is 2.47. The van der Waals surface area contributed by atoms with Crippen molar-refractivity contribution in [3.63, 3.8) is 0 Å². The molecule has 1 aliphatic rings. The lowest BCUT2D eigenvalue weighted by Crippen LogP contribution is -2.51. The van der Waals surface area contributed by atoms with Crippen LogP contribution < -0.4 is 0 Å². The molecule has 6 nitrogen and oxygen atoms in total. The van der Waals surface area contributed by atoms with E-state index in [1.807, 2.05) is 0 Å². The Labute approximate surface area is 122 Å². The van der Waals surface area contributed by atoms with Gasteiger partial charge in [0, 0.05) is 12.6 Å². The van der Waals surface area contributed by atoms with Crippen molar-refractivity contribution in [3.8, 4) is 6.07 Å². The molecule has 8 heteroatoms. The summed E-state index contributed by atoms with van der Waals surface area (Å²) in [5.41, 5.74) is -0.323. The maximum Gasteiger partial charge on any atom is 0.243 e. The third-order valence-corrected chi connectivity index (χ3v) is 5.29. The number of benzene rings is 1. The van der Waals surface area contributed by atoms with Crippen LogP contribution in [0.3, 0.4) is 0 Å². The van der Waals surface area contributed by atoms with Gasteiger partial charge in [-0.05, 0) is 25.1 Å². The van der Waals surface area contributed by atoms with Crippen LogP contribution in [0, 0.1) is 17.1 Å². The molecule has 0 aliphatic carbocycles. The summed E-state index contributed by atoms with van der Waals surface area (Å²) < 4.78 is 45.0. The van der Waals surface area contributed by atoms with Crippen molar-refractivity contribution < 1.29 is 22.7 Å². The van der Waals surface area contributed by atoms with E-state index in [0.717, 1.165) is 18.2 Å². The van der Waals surface area contributed by atoms with Gasteiger partial charge in [-0.25, -0.2) is 12.8 Å². The largest absolute Gasteiger partial charge is 0.394 e. The Bertz CT molecular complexity index is 671. The molecule has 0 radical (unpaired) electrons. The topological polar surface area (TPSA) is 90.6 Å². The monoisotopic (exact) mass is 314 g/mol. The number of rotatable bonds is 3. The molecular weight excluding hydrogens is 299 g/mol. The molecule has 1 saturated heterocycles. The molecule has 0 amide bonds. The summed E-state index contributed by atoms with van der Waals surface area (Å²) in [5.74, 6) is -0.764. The lowest BCUT2D eigenvalue weighted by molar-refractivity contribution is -0.0516. The Morgan fingerprint density at radius 2 is 2.29 bits per heavy atom. The van der Waals surface area contributed by atoms with Gasteiger partial charge < -0.3 is 9.84 Å². The highest BCUT2D eigenvalue weighted by atomic mass is 32.2. The number of hydrogen-bond donors (Lipinski definition) is 1. The third-order valence-electron chi connectivity index (χ3n) is 3.32. The average molecular weight is 314 g/mol. The number of morpholine rings is 1. The Morgan fingerprint density at radius 1 is 1.57 bits per heavy atom. The highest BCUT2D eigenvalue weighted by molar-refractivity contribution is 7.89. The van der Waals surface area contributed by atoms with Crippen LogP contribution in [0.15, 0.2) is 23.1 Å². The molecule has 2 atom stereocenters. The molecule has 1 aromatic rings. The van der Waals surface area contributed by atoms with Crippen LogP contribution >= 0.6 is 0 Å². The maximum atomic E-state index is 13.3. The van der Waals surface area contributed by atoms with Crippen molar-refractivity contribution >= 4 is 10.0 Å². The molecule has 1 heterocycles. The number of aliphatic hydroxyl groups excluding tert-OH is 1. The predicted molar refractivity (Wildman–Crippen MR) is 71.3 cm³/mol. The van der Waals surface area contributed by atoms with Crippen molar-refractivity contribution in [2.24, 2.45) is 0 Å². The molecule has 1 aromatic carbocycles. The first-order chi connectivity index (χ1) is 9.90. The first-order valence-electron chi connectivity index (χ1n) is 6.34. The Kier molecular flexibility index (Phi) is 4.58. The lowest BCUT2D eigenvalue weighted by Gasteiger charge is -2.36. The summed E-state index contributed by atoms with van der Waals surface area (Å²) in [7, 11) is -3.88. The molecule has 0 saturated carbocycles. The zero-order valence-electron chi connectivity index (χ0n) is 11.4. The first-order valence-corrected chi connectivity index (χ1v) is 7.78. The number of hydrogen-bond acceptors (Lipinski definition) is 5. The summed E-state index contributed by atoms with van der Waals surface area (Å²) in [5, 5.41) is 17.9. The fourth-order valence-corrected chi connectivity index (χ4v) is 3.80. The molecule has 1 aliphatic heterocycles. The van der Waals surface area contributed by atoms with Crippen molar-refractivity contribution in [2.75, 3.05) is 19.8 Å². The summed E-state index contributed by atoms with van der Waals surface area (Å²) in [6.45, 7) is 1.57. The fraction of sp³-hybridized carbons (Fsp3) is 0.462. The quantitative estimate of drug-likeness (QED) is 0.875. The summed E-state index contributed by atoms with van der Waals surface area (Å²) in [6.07, 6.45) is -0.591. The maximum absolute atomic E-state index is 13.3. The molecule has 2 rings (SSSR count). The van der Waals surface area contributed by atoms with Crippen LogP contribution in [0.4, 0.5) is 4.39 Å². The highest BCUT2D eigenvalue weighted by Crippen LogP contribution is 2.24. The Hall–Kier alpha value is -1.53. The summed E-state index contributed by atoms with van der Waals surface area (Å²) >= 11 is 0. The van der Waals surface area contributed by atoms with E-state index in [4.69, 9.17) is 15.1 Å². The third kappa shape index (κ3) is 3.06. The number of nitrogens with zero attached hydrogens (tertiary/aromatic N) is 2. The second-order valence-corrected chi connectivity index (χ2v) is 6.71. The van der Waals surface area contributed by atoms with E-state index in [2.05, 4.69) is 0 Å². The smallest absolute Gasteiger partial charge is 0.243 e. The van der Waals surface area contributed by atoms with Gasteiger partial charge in [-0.2, -0.15) is 9.57 Å². The van der Waals surface area contributed by atoms with Gasteiger partial charge in [-0.1, -0.05) is 0 Å². The lowest BCUT2D eigenvalue weighted by atomic mass is 10.2. The number of ether oxygens (including phenoxy) is 1. The van der Waals surface area contributed by atoms with E-state index >= 15 is 0 Å². The van der Waals surface area contributed by atoms with Gasteiger partial charge in [-0.3, -0.25) is 0 Å². The summed E-state index contributed by atoms with van der Waals surface area (Å²) in [6, 6.07) is 4.31. The number of sulfonamides is 1. The fourth-order valence-electron chi connectivity index (χ4n) is 2.12. The van der Waals surface area contributed by atoms with Gasteiger partial charge in [0.05, 0.1) is 29.8 Å². The summed E-state index contributed by atoms with van der Waals surface area (Å²) in [4.78, 5) is -0.147. The first kappa shape index (κ1) is 15.9. The second-order valence-electron chi connectivity index (χ2n) is 4.82. The van der Waals surface area contributed by atoms with Gasteiger partial charge in [0.25, 0.3) is 0 Å². The van der Waals surface area contributed by atoms with Crippen LogP contribution in [-0.4, -0.2) is 49.7 Å². The van der Waals surface area contributed by atoms with E-state index < -0.39 is 28.0 Å². The van der Waals surface area contributed by atoms with Crippen LogP contribution in [0.2, 0.25) is 0 Å². The van der Waals surface area contributed by atoms with E-state index in [1.54, 1.807) is 13.0 Å². The van der Waals surface area contributed by atoms with Crippen molar-refractivity contribution in [3.05, 3.63) is 29.6 Å². The normalized spacial score (nSPS) is 23.7. The molecule has 2 unspecified atom stereocenters. The molecular formula is C13H15FN2O4S. The number of nitriles is 1. The van der Waals surface area contributed by atoms with E-state index in [0.29, 0.717) is 0 Å². The standard InChI is InChI=1S/C13H15FN2O4S/c1-9-8-20-11(7-17)6-16(9)21(18,19)12-2-3-13(14)10(4-12)5-15/h2-4,9,11,17H,6-8H2,1H3. The van der Waals surface area contributed by atoms with Crippen molar-refractivity contribution in [2.45, 2.75) is 24.0 Å². The molecule has 1 fully saturated rings. The minimum Gasteiger partial charge on any atom is -0.394 e. The molecule has 114 valence electrons. The van der Waals surface area contributed by atoms with Crippen LogP contribution in [-0.2, 0) is 14.8 Å². The Balaban J connectivity index is 2.39. The van der Waals surface area contributed by atoms with Gasteiger partial charge >= 0.3 is 0 Å². The van der Waals surface area contributed by atoms with Gasteiger partial charge in [0.15, 0.2) is 0 Å². The minimum atomic E-state index is -3.88. The number of aliphatic hydroxyl groups is 1. The van der Waals surface area contributed by atoms with Gasteiger partial charge in [0.1, 0.15) is 11.9 Å². The van der Waals surface area contributed by atoms with Gasteiger partial charge in [0.2, 0.25) is 10.0 Å². The van der Waals surface area contributed by atoms with E-state index in [-0.39, 0.29) is 30.2 Å². The van der Waals surface area contributed by atoms with Crippen molar-refractivity contribution in [1.29, 1.82) is 5.26 Å². The highest BCUT2D eigenvalue weighted by Gasteiger charge is 2.35. The molecule has 0 aromatic heterocycles. The van der Waals surface area contributed by atoms with Crippen LogP contribution in [0.5, 0.6) is 0 Å². The van der Waals surface area contributed by atoms with E-state index in [9.17, 15) is 12.8 Å². The Morgan fingerprint density at radius 3 is 2.90 bits per heavy atom. The second kappa shape index (κ2) is 6.07. The predicted octanol–water partition coefficient (Wildman–Crippen LogP) is 0.468. The SMILES string of the molecule is CC1COC(CO)CN1S(=O)(=O)c1ccc(F)c(C#N)c1. The zero-order valence-corrected chi connectivity index (χ0v) is 12.2. The van der Waals surface area contributed by atoms with Crippen LogP contribution in [0.1, 0.15) is 12.5 Å². The van der Waals surface area contributed by atoms with Crippen LogP contribution in [0.25, 0.3) is 0 Å². The molecule has 1 N–H and O–H groups in total. The molecule has 0 spiro atoms. The van der Waals surface area contributed by atoms with E-state index in [1.165, 1.54) is 4.31 Å². The molecule has 0 bridgehead atoms. The number of halogens is 1. The zero-order chi connectivity index (χ0) is 15.6.